The third-order valence-electron chi connectivity index (χ3n) is 7.40. The lowest BCUT2D eigenvalue weighted by molar-refractivity contribution is -0.270. The van der Waals surface area contributed by atoms with E-state index in [2.05, 4.69) is 32.1 Å². The number of esters is 2. The van der Waals surface area contributed by atoms with Crippen molar-refractivity contribution in [3.8, 4) is 0 Å². The predicted octanol–water partition coefficient (Wildman–Crippen LogP) is 5.05. The van der Waals surface area contributed by atoms with E-state index in [4.69, 9.17) is 9.47 Å². The standard InChI is InChI=1S/C24H26O4/c1-3-5-13-19-23-15-9-8-14-22(23,21(26)27-19)18(10-4-2)24(23)17-12-7-6-11-16(17)20(25)28-24/h6-8,11-14,18H,3-5,9-10,15H2,1-2H3/b19-13-/t18-,22-,23+,24+/m0/s1. The minimum absolute atomic E-state index is 0.103. The van der Waals surface area contributed by atoms with E-state index in [9.17, 15) is 9.59 Å². The average molecular weight is 378 g/mol. The van der Waals surface area contributed by atoms with Crippen LogP contribution in [0.4, 0.5) is 0 Å². The lowest BCUT2D eigenvalue weighted by Crippen LogP contribution is -2.75. The highest BCUT2D eigenvalue weighted by molar-refractivity contribution is 5.98. The second-order valence-electron chi connectivity index (χ2n) is 8.47. The van der Waals surface area contributed by atoms with Crippen molar-refractivity contribution in [2.75, 3.05) is 0 Å². The molecule has 0 amide bonds. The Kier molecular flexibility index (Phi) is 3.68. The van der Waals surface area contributed by atoms with Crippen molar-refractivity contribution in [1.29, 1.82) is 0 Å². The predicted molar refractivity (Wildman–Crippen MR) is 104 cm³/mol. The van der Waals surface area contributed by atoms with Crippen molar-refractivity contribution >= 4 is 11.9 Å². The van der Waals surface area contributed by atoms with Gasteiger partial charge < -0.3 is 9.47 Å². The van der Waals surface area contributed by atoms with Gasteiger partial charge in [-0.3, -0.25) is 4.79 Å². The molecule has 0 unspecified atom stereocenters. The minimum Gasteiger partial charge on any atom is -0.449 e. The highest BCUT2D eigenvalue weighted by Crippen LogP contribution is 2.83. The van der Waals surface area contributed by atoms with Crippen molar-refractivity contribution in [3.63, 3.8) is 0 Å². The Morgan fingerprint density at radius 1 is 1.18 bits per heavy atom. The molecule has 0 radical (unpaired) electrons. The quantitative estimate of drug-likeness (QED) is 0.544. The van der Waals surface area contributed by atoms with Gasteiger partial charge in [-0.25, -0.2) is 4.79 Å². The number of allylic oxidation sites excluding steroid dienone is 2. The van der Waals surface area contributed by atoms with E-state index in [1.54, 1.807) is 0 Å². The van der Waals surface area contributed by atoms with Gasteiger partial charge in [0.2, 0.25) is 0 Å². The zero-order valence-electron chi connectivity index (χ0n) is 16.5. The summed E-state index contributed by atoms with van der Waals surface area (Å²) < 4.78 is 12.3. The van der Waals surface area contributed by atoms with Crippen molar-refractivity contribution < 1.29 is 19.1 Å². The molecule has 4 nitrogen and oxygen atoms in total. The molecule has 5 rings (SSSR count). The molecule has 0 aromatic heterocycles. The van der Waals surface area contributed by atoms with Gasteiger partial charge in [0, 0.05) is 11.5 Å². The van der Waals surface area contributed by atoms with Crippen LogP contribution in [0, 0.1) is 16.7 Å². The lowest BCUT2D eigenvalue weighted by Gasteiger charge is -2.68. The number of benzene rings is 1. The number of fused-ring (bicyclic) bond motifs is 2. The van der Waals surface area contributed by atoms with Crippen LogP contribution in [0.5, 0.6) is 0 Å². The Labute approximate surface area is 165 Å². The van der Waals surface area contributed by atoms with E-state index in [1.165, 1.54) is 0 Å². The maximum Gasteiger partial charge on any atom is 0.339 e. The zero-order chi connectivity index (χ0) is 19.6. The largest absolute Gasteiger partial charge is 0.449 e. The monoisotopic (exact) mass is 378 g/mol. The molecule has 4 atom stereocenters. The summed E-state index contributed by atoms with van der Waals surface area (Å²) in [5.74, 6) is 0.175. The third kappa shape index (κ3) is 1.65. The number of carbonyl (C=O) groups is 2. The Morgan fingerprint density at radius 3 is 2.79 bits per heavy atom. The molecule has 1 spiro atoms. The molecule has 1 saturated heterocycles. The molecule has 2 heterocycles. The highest BCUT2D eigenvalue weighted by atomic mass is 16.6. The number of hydrogen-bond donors (Lipinski definition) is 0. The molecular weight excluding hydrogens is 352 g/mol. The SMILES string of the molecule is CCC/C=C1\OC(=O)[C@@]23C=CCC[C@@]12[C@]1(OC(=O)c2ccccc21)[C@H]3CCC. The molecular formula is C24H26O4. The molecule has 28 heavy (non-hydrogen) atoms. The fourth-order valence-electron chi connectivity index (χ4n) is 6.56. The summed E-state index contributed by atoms with van der Waals surface area (Å²) in [5.41, 5.74) is -0.588. The lowest BCUT2D eigenvalue weighted by atomic mass is 9.32. The Hall–Kier alpha value is -2.36. The van der Waals surface area contributed by atoms with Gasteiger partial charge in [-0.1, -0.05) is 57.0 Å². The Morgan fingerprint density at radius 2 is 2.00 bits per heavy atom. The normalized spacial score (nSPS) is 38.6. The van der Waals surface area contributed by atoms with Crippen LogP contribution >= 0.6 is 0 Å². The van der Waals surface area contributed by atoms with Crippen LogP contribution in [0.3, 0.4) is 0 Å². The first-order chi connectivity index (χ1) is 13.6. The second kappa shape index (κ2) is 5.82. The van der Waals surface area contributed by atoms with E-state index < -0.39 is 16.4 Å². The average Bonchev–Trinajstić information content (AvgIpc) is 3.15. The summed E-state index contributed by atoms with van der Waals surface area (Å²) in [4.78, 5) is 26.2. The van der Waals surface area contributed by atoms with E-state index in [0.717, 1.165) is 49.8 Å². The molecule has 4 heteroatoms. The summed E-state index contributed by atoms with van der Waals surface area (Å²) in [6.07, 6.45) is 11.4. The van der Waals surface area contributed by atoms with Gasteiger partial charge in [0.1, 0.15) is 11.2 Å². The van der Waals surface area contributed by atoms with E-state index in [-0.39, 0.29) is 17.9 Å². The fraction of sp³-hybridized carbons (Fsp3) is 0.500. The molecule has 2 fully saturated rings. The van der Waals surface area contributed by atoms with Gasteiger partial charge in [-0.2, -0.15) is 0 Å². The number of rotatable bonds is 4. The first-order valence-electron chi connectivity index (χ1n) is 10.5. The molecule has 4 aliphatic rings. The third-order valence-corrected chi connectivity index (χ3v) is 7.40. The van der Waals surface area contributed by atoms with E-state index in [0.29, 0.717) is 5.56 Å². The summed E-state index contributed by atoms with van der Waals surface area (Å²) in [7, 11) is 0. The van der Waals surface area contributed by atoms with Crippen LogP contribution in [0.2, 0.25) is 0 Å². The summed E-state index contributed by atoms with van der Waals surface area (Å²) in [6.45, 7) is 4.23. The number of ether oxygens (including phenoxy) is 2. The van der Waals surface area contributed by atoms with Crippen LogP contribution < -0.4 is 0 Å². The first-order valence-corrected chi connectivity index (χ1v) is 10.5. The number of unbranched alkanes of at least 4 members (excludes halogenated alkanes) is 1. The molecule has 1 aromatic rings. The van der Waals surface area contributed by atoms with Crippen molar-refractivity contribution in [1.82, 2.24) is 0 Å². The minimum atomic E-state index is -0.812. The van der Waals surface area contributed by atoms with Crippen molar-refractivity contribution in [2.24, 2.45) is 16.7 Å². The van der Waals surface area contributed by atoms with Crippen LogP contribution in [0.15, 0.2) is 48.3 Å². The second-order valence-corrected chi connectivity index (χ2v) is 8.47. The summed E-state index contributed by atoms with van der Waals surface area (Å²) >= 11 is 0. The first kappa shape index (κ1) is 17.7. The maximum absolute atomic E-state index is 13.3. The molecule has 1 saturated carbocycles. The molecule has 0 bridgehead atoms. The van der Waals surface area contributed by atoms with Crippen molar-refractivity contribution in [2.45, 2.75) is 58.0 Å². The summed E-state index contributed by atoms with van der Waals surface area (Å²) in [5, 5.41) is 0. The molecule has 2 aliphatic heterocycles. The van der Waals surface area contributed by atoms with Gasteiger partial charge in [0.15, 0.2) is 5.60 Å². The molecule has 2 aliphatic carbocycles. The summed E-state index contributed by atoms with van der Waals surface area (Å²) in [6, 6.07) is 7.70. The van der Waals surface area contributed by atoms with Gasteiger partial charge in [0.25, 0.3) is 0 Å². The maximum atomic E-state index is 13.3. The highest BCUT2D eigenvalue weighted by Gasteiger charge is 2.90. The van der Waals surface area contributed by atoms with Crippen LogP contribution in [0.1, 0.15) is 68.3 Å². The van der Waals surface area contributed by atoms with E-state index in [1.807, 2.05) is 24.3 Å². The Balaban J connectivity index is 1.82. The molecule has 0 N–H and O–H groups in total. The number of carbonyl (C=O) groups excluding carboxylic acids is 2. The molecule has 1 aromatic carbocycles. The van der Waals surface area contributed by atoms with Crippen LogP contribution in [0.25, 0.3) is 0 Å². The molecule has 146 valence electrons. The van der Waals surface area contributed by atoms with Gasteiger partial charge in [-0.05, 0) is 37.8 Å². The number of cyclic esters (lactones) is 1. The van der Waals surface area contributed by atoms with Gasteiger partial charge in [-0.15, -0.1) is 0 Å². The van der Waals surface area contributed by atoms with Gasteiger partial charge in [0.05, 0.1) is 11.0 Å². The fourth-order valence-corrected chi connectivity index (χ4v) is 6.56. The smallest absolute Gasteiger partial charge is 0.339 e. The van der Waals surface area contributed by atoms with Crippen molar-refractivity contribution in [3.05, 3.63) is 59.4 Å². The topological polar surface area (TPSA) is 52.6 Å². The zero-order valence-corrected chi connectivity index (χ0v) is 16.5. The van der Waals surface area contributed by atoms with Gasteiger partial charge >= 0.3 is 11.9 Å². The number of hydrogen-bond acceptors (Lipinski definition) is 4. The Bertz CT molecular complexity index is 928. The van der Waals surface area contributed by atoms with Crippen LogP contribution in [-0.4, -0.2) is 11.9 Å². The van der Waals surface area contributed by atoms with E-state index >= 15 is 0 Å². The van der Waals surface area contributed by atoms with Crippen LogP contribution in [-0.2, 0) is 19.9 Å².